The number of para-hydroxylation sites is 5. The second-order valence-electron chi connectivity index (χ2n) is 12.3. The third-order valence-electron chi connectivity index (χ3n) is 9.83. The molecule has 0 N–H and O–H groups in total. The van der Waals surface area contributed by atoms with Gasteiger partial charge in [0.1, 0.15) is 12.1 Å². The molecular formula is C45H27N5. The van der Waals surface area contributed by atoms with Crippen LogP contribution in [0.25, 0.3) is 77.7 Å². The summed E-state index contributed by atoms with van der Waals surface area (Å²) < 4.78 is 6.58. The summed E-state index contributed by atoms with van der Waals surface area (Å²) in [6.45, 7) is 2.08. The van der Waals surface area contributed by atoms with E-state index in [4.69, 9.17) is 6.42 Å². The first-order chi connectivity index (χ1) is 24.7. The molecule has 0 unspecified atom stereocenters. The molecule has 0 aliphatic rings. The Bertz CT molecular complexity index is 2920. The normalized spacial score (nSPS) is 11.6. The monoisotopic (exact) mass is 637 g/mol. The molecule has 0 radical (unpaired) electrons. The minimum Gasteiger partial charge on any atom is -0.306 e. The lowest BCUT2D eigenvalue weighted by atomic mass is 10.0. The van der Waals surface area contributed by atoms with Gasteiger partial charge >= 0.3 is 0 Å². The minimum absolute atomic E-state index is 0.374. The summed E-state index contributed by atoms with van der Waals surface area (Å²) in [5, 5.41) is 27.4. The molecule has 0 atom stereocenters. The smallest absolute Gasteiger partial charge is 0.101 e. The maximum absolute atomic E-state index is 11.0. The number of fused-ring (bicyclic) bond motifs is 7. The number of allylic oxidation sites excluding steroid dienone is 1. The van der Waals surface area contributed by atoms with E-state index in [-0.39, 0.29) is 0 Å². The van der Waals surface area contributed by atoms with Gasteiger partial charge in [-0.3, -0.25) is 0 Å². The van der Waals surface area contributed by atoms with E-state index in [1.807, 2.05) is 66.7 Å². The summed E-state index contributed by atoms with van der Waals surface area (Å²) >= 11 is 0. The van der Waals surface area contributed by atoms with Crippen molar-refractivity contribution in [2.24, 2.45) is 0 Å². The Morgan fingerprint density at radius 1 is 0.500 bits per heavy atom. The molecule has 0 spiro atoms. The van der Waals surface area contributed by atoms with Gasteiger partial charge in [0, 0.05) is 26.9 Å². The Balaban J connectivity index is 1.62. The standard InChI is InChI=1S/C45H27N5/c1-3-4-20-37-29(2)32-15-5-10-21-38(32)48(37)43-30(27-46)26-31(28-47)44(49-39-22-11-6-16-33(39)34-17-7-12-23-40(34)49)45(43)50-41-24-13-8-18-35(41)36-19-9-14-25-42(36)50/h1,4-26H,2H3/b20-4-. The SMILES string of the molecule is C#C/C=C\c1c(C)c2ccccc2n1-c1c(C#N)cc(C#N)c(-n2c3ccccc3c3ccccc32)c1-n1c2ccccc2c2ccccc21. The van der Waals surface area contributed by atoms with Crippen molar-refractivity contribution < 1.29 is 0 Å². The molecule has 3 aromatic heterocycles. The van der Waals surface area contributed by atoms with Crippen LogP contribution in [0, 0.1) is 41.9 Å². The zero-order valence-corrected chi connectivity index (χ0v) is 27.1. The van der Waals surface area contributed by atoms with Crippen molar-refractivity contribution in [1.82, 2.24) is 13.7 Å². The van der Waals surface area contributed by atoms with Gasteiger partial charge in [0.25, 0.3) is 0 Å². The maximum atomic E-state index is 11.0. The van der Waals surface area contributed by atoms with Gasteiger partial charge in [0.15, 0.2) is 0 Å². The van der Waals surface area contributed by atoms with Crippen LogP contribution in [-0.4, -0.2) is 13.7 Å². The molecule has 5 heteroatoms. The number of aromatic nitrogens is 3. The summed E-state index contributed by atoms with van der Waals surface area (Å²) in [6.07, 6.45) is 9.42. The van der Waals surface area contributed by atoms with Crippen molar-refractivity contribution in [2.45, 2.75) is 6.92 Å². The molecule has 50 heavy (non-hydrogen) atoms. The second-order valence-corrected chi connectivity index (χ2v) is 12.3. The van der Waals surface area contributed by atoms with E-state index in [1.165, 1.54) is 0 Å². The van der Waals surface area contributed by atoms with E-state index < -0.39 is 0 Å². The summed E-state index contributed by atoms with van der Waals surface area (Å²) in [4.78, 5) is 0. The number of rotatable bonds is 4. The molecule has 0 saturated heterocycles. The Labute approximate surface area is 288 Å². The fraction of sp³-hybridized carbons (Fsp3) is 0.0222. The van der Waals surface area contributed by atoms with Crippen molar-refractivity contribution in [3.8, 4) is 41.5 Å². The highest BCUT2D eigenvalue weighted by atomic mass is 15.1. The second kappa shape index (κ2) is 11.2. The van der Waals surface area contributed by atoms with Crippen LogP contribution in [0.4, 0.5) is 0 Å². The van der Waals surface area contributed by atoms with Gasteiger partial charge in [-0.1, -0.05) is 96.9 Å². The van der Waals surface area contributed by atoms with E-state index in [1.54, 1.807) is 12.1 Å². The first-order valence-corrected chi connectivity index (χ1v) is 16.4. The molecule has 0 aliphatic carbocycles. The highest BCUT2D eigenvalue weighted by Crippen LogP contribution is 2.44. The van der Waals surface area contributed by atoms with Gasteiger partial charge in [-0.05, 0) is 61.0 Å². The van der Waals surface area contributed by atoms with Gasteiger partial charge < -0.3 is 13.7 Å². The molecular weight excluding hydrogens is 611 g/mol. The highest BCUT2D eigenvalue weighted by Gasteiger charge is 2.29. The van der Waals surface area contributed by atoms with Crippen LogP contribution < -0.4 is 0 Å². The summed E-state index contributed by atoms with van der Waals surface area (Å²) in [6, 6.07) is 48.2. The molecule has 0 fully saturated rings. The zero-order chi connectivity index (χ0) is 33.9. The molecule has 0 aliphatic heterocycles. The van der Waals surface area contributed by atoms with Gasteiger partial charge in [-0.25, -0.2) is 0 Å². The molecule has 9 rings (SSSR count). The molecule has 0 bridgehead atoms. The van der Waals surface area contributed by atoms with Crippen molar-refractivity contribution in [3.63, 3.8) is 0 Å². The number of terminal acetylenes is 1. The first kappa shape index (κ1) is 28.9. The van der Waals surface area contributed by atoms with E-state index >= 15 is 0 Å². The van der Waals surface area contributed by atoms with Crippen molar-refractivity contribution in [1.29, 1.82) is 10.5 Å². The van der Waals surface area contributed by atoms with E-state index in [9.17, 15) is 10.5 Å². The first-order valence-electron chi connectivity index (χ1n) is 16.4. The van der Waals surface area contributed by atoms with Gasteiger partial charge in [-0.15, -0.1) is 6.42 Å². The summed E-state index contributed by atoms with van der Waals surface area (Å²) in [7, 11) is 0. The fourth-order valence-corrected chi connectivity index (χ4v) is 7.80. The number of hydrogen-bond donors (Lipinski definition) is 0. The third kappa shape index (κ3) is 3.94. The van der Waals surface area contributed by atoms with Crippen LogP contribution in [0.5, 0.6) is 0 Å². The van der Waals surface area contributed by atoms with E-state index in [0.29, 0.717) is 22.5 Å². The number of benzene rings is 6. The average Bonchev–Trinajstić information content (AvgIpc) is 3.78. The van der Waals surface area contributed by atoms with Crippen LogP contribution in [-0.2, 0) is 0 Å². The van der Waals surface area contributed by atoms with Gasteiger partial charge in [0.05, 0.1) is 61.5 Å². The zero-order valence-electron chi connectivity index (χ0n) is 27.1. The predicted octanol–water partition coefficient (Wildman–Crippen LogP) is 10.5. The number of aryl methyl sites for hydroxylation is 1. The van der Waals surface area contributed by atoms with Crippen LogP contribution in [0.3, 0.4) is 0 Å². The Morgan fingerprint density at radius 3 is 1.28 bits per heavy atom. The lowest BCUT2D eigenvalue weighted by Gasteiger charge is -2.24. The number of hydrogen-bond acceptors (Lipinski definition) is 2. The highest BCUT2D eigenvalue weighted by molar-refractivity contribution is 6.12. The molecule has 9 aromatic rings. The summed E-state index contributed by atoms with van der Waals surface area (Å²) in [5.74, 6) is 2.67. The molecule has 5 nitrogen and oxygen atoms in total. The lowest BCUT2D eigenvalue weighted by Crippen LogP contribution is -2.13. The number of nitrogens with zero attached hydrogens (tertiary/aromatic N) is 5. The minimum atomic E-state index is 0.374. The molecule has 232 valence electrons. The van der Waals surface area contributed by atoms with Gasteiger partial charge in [-0.2, -0.15) is 10.5 Å². The average molecular weight is 638 g/mol. The van der Waals surface area contributed by atoms with Crippen LogP contribution >= 0.6 is 0 Å². The molecule has 3 heterocycles. The summed E-state index contributed by atoms with van der Waals surface area (Å²) in [5.41, 5.74) is 9.51. The largest absolute Gasteiger partial charge is 0.306 e. The lowest BCUT2D eigenvalue weighted by molar-refractivity contribution is 1.01. The van der Waals surface area contributed by atoms with Crippen molar-refractivity contribution >= 4 is 60.6 Å². The van der Waals surface area contributed by atoms with Crippen LogP contribution in [0.15, 0.2) is 133 Å². The van der Waals surface area contributed by atoms with E-state index in [2.05, 4.69) is 99.3 Å². The Morgan fingerprint density at radius 2 is 0.860 bits per heavy atom. The Kier molecular flexibility index (Phi) is 6.46. The maximum Gasteiger partial charge on any atom is 0.101 e. The molecule has 6 aromatic carbocycles. The van der Waals surface area contributed by atoms with Crippen molar-refractivity contribution in [3.05, 3.63) is 156 Å². The molecule has 0 saturated carbocycles. The fourth-order valence-electron chi connectivity index (χ4n) is 7.80. The topological polar surface area (TPSA) is 62.4 Å². The quantitative estimate of drug-likeness (QED) is 0.180. The number of nitriles is 2. The third-order valence-corrected chi connectivity index (χ3v) is 9.83. The van der Waals surface area contributed by atoms with Gasteiger partial charge in [0.2, 0.25) is 0 Å². The predicted molar refractivity (Wildman–Crippen MR) is 204 cm³/mol. The molecule has 0 amide bonds. The van der Waals surface area contributed by atoms with E-state index in [0.717, 1.165) is 71.5 Å². The van der Waals surface area contributed by atoms with Crippen LogP contribution in [0.1, 0.15) is 22.4 Å². The van der Waals surface area contributed by atoms with Crippen molar-refractivity contribution in [2.75, 3.05) is 0 Å². The van der Waals surface area contributed by atoms with Crippen LogP contribution in [0.2, 0.25) is 0 Å². The Hall–Kier alpha value is -7.26.